The molecule has 0 bridgehead atoms. The third-order valence-corrected chi connectivity index (χ3v) is 6.14. The summed E-state index contributed by atoms with van der Waals surface area (Å²) < 4.78 is 16.2. The lowest BCUT2D eigenvalue weighted by Gasteiger charge is -2.24. The summed E-state index contributed by atoms with van der Waals surface area (Å²) in [7, 11) is 3.23. The number of hydrogen-bond donors (Lipinski definition) is 1. The van der Waals surface area contributed by atoms with E-state index >= 15 is 0 Å². The van der Waals surface area contributed by atoms with Crippen LogP contribution in [0.25, 0.3) is 0 Å². The zero-order valence-electron chi connectivity index (χ0n) is 16.4. The van der Waals surface area contributed by atoms with Crippen molar-refractivity contribution < 1.29 is 14.2 Å². The van der Waals surface area contributed by atoms with Crippen molar-refractivity contribution in [3.8, 4) is 11.5 Å². The number of aromatic amines is 1. The van der Waals surface area contributed by atoms with Gasteiger partial charge in [0.1, 0.15) is 5.82 Å². The molecule has 0 spiro atoms. The van der Waals surface area contributed by atoms with Crippen LogP contribution in [0.1, 0.15) is 54.9 Å². The van der Waals surface area contributed by atoms with Crippen molar-refractivity contribution in [2.45, 2.75) is 44.2 Å². The number of benzene rings is 1. The molecule has 2 aliphatic rings. The molecule has 0 unspecified atom stereocenters. The Morgan fingerprint density at radius 2 is 2.04 bits per heavy atom. The lowest BCUT2D eigenvalue weighted by atomic mass is 10.00. The molecule has 1 aromatic carbocycles. The average molecular weight is 407 g/mol. The van der Waals surface area contributed by atoms with Gasteiger partial charge in [-0.3, -0.25) is 10.00 Å². The van der Waals surface area contributed by atoms with E-state index in [1.807, 2.05) is 12.1 Å². The van der Waals surface area contributed by atoms with Crippen LogP contribution in [0.5, 0.6) is 11.5 Å². The molecule has 28 heavy (non-hydrogen) atoms. The second kappa shape index (κ2) is 8.68. The Morgan fingerprint density at radius 1 is 1.21 bits per heavy atom. The summed E-state index contributed by atoms with van der Waals surface area (Å²) in [5, 5.41) is 8.31. The first-order valence-electron chi connectivity index (χ1n) is 9.84. The first-order chi connectivity index (χ1) is 13.7. The molecule has 7 nitrogen and oxygen atoms in total. The number of ether oxygens (including phenoxy) is 3. The van der Waals surface area contributed by atoms with E-state index in [1.54, 1.807) is 14.2 Å². The van der Waals surface area contributed by atoms with Gasteiger partial charge in [0.05, 0.1) is 25.3 Å². The number of aromatic nitrogens is 3. The zero-order chi connectivity index (χ0) is 19.5. The molecule has 2 aliphatic heterocycles. The Labute approximate surface area is 170 Å². The van der Waals surface area contributed by atoms with Crippen molar-refractivity contribution >= 4 is 11.6 Å². The van der Waals surface area contributed by atoms with E-state index in [-0.39, 0.29) is 6.04 Å². The quantitative estimate of drug-likeness (QED) is 0.788. The van der Waals surface area contributed by atoms with Gasteiger partial charge in [-0.2, -0.15) is 5.10 Å². The van der Waals surface area contributed by atoms with Crippen molar-refractivity contribution in [1.82, 2.24) is 20.1 Å². The summed E-state index contributed by atoms with van der Waals surface area (Å²) in [6.45, 7) is 3.32. The first-order valence-corrected chi connectivity index (χ1v) is 10.2. The summed E-state index contributed by atoms with van der Waals surface area (Å²) in [6, 6.07) is 4.14. The third kappa shape index (κ3) is 3.83. The van der Waals surface area contributed by atoms with E-state index in [1.165, 1.54) is 0 Å². The maximum absolute atomic E-state index is 6.59. The van der Waals surface area contributed by atoms with Gasteiger partial charge < -0.3 is 14.2 Å². The number of nitrogens with zero attached hydrogens (tertiary/aromatic N) is 3. The first kappa shape index (κ1) is 19.5. The number of halogens is 1. The Balaban J connectivity index is 1.51. The Morgan fingerprint density at radius 3 is 2.79 bits per heavy atom. The predicted molar refractivity (Wildman–Crippen MR) is 106 cm³/mol. The molecule has 2 saturated heterocycles. The van der Waals surface area contributed by atoms with Crippen LogP contribution >= 0.6 is 11.6 Å². The molecule has 152 valence electrons. The molecule has 8 heteroatoms. The highest BCUT2D eigenvalue weighted by molar-refractivity contribution is 6.33. The monoisotopic (exact) mass is 406 g/mol. The summed E-state index contributed by atoms with van der Waals surface area (Å²) in [6.07, 6.45) is 4.18. The van der Waals surface area contributed by atoms with Crippen LogP contribution in [0.2, 0.25) is 5.02 Å². The van der Waals surface area contributed by atoms with E-state index in [4.69, 9.17) is 30.8 Å². The van der Waals surface area contributed by atoms with E-state index in [9.17, 15) is 0 Å². The average Bonchev–Trinajstić information content (AvgIpc) is 3.39. The summed E-state index contributed by atoms with van der Waals surface area (Å²) >= 11 is 6.59. The molecule has 0 saturated carbocycles. The van der Waals surface area contributed by atoms with Crippen LogP contribution in [0.15, 0.2) is 12.1 Å². The van der Waals surface area contributed by atoms with E-state index in [0.29, 0.717) is 22.4 Å². The fourth-order valence-electron chi connectivity index (χ4n) is 4.17. The van der Waals surface area contributed by atoms with Crippen LogP contribution in [-0.2, 0) is 11.3 Å². The number of H-pyrrole nitrogens is 1. The Kier molecular flexibility index (Phi) is 6.04. The largest absolute Gasteiger partial charge is 0.493 e. The lowest BCUT2D eigenvalue weighted by Crippen LogP contribution is -2.24. The molecule has 1 N–H and O–H groups in total. The van der Waals surface area contributed by atoms with Crippen LogP contribution in [-0.4, -0.2) is 54.1 Å². The van der Waals surface area contributed by atoms with Gasteiger partial charge in [-0.05, 0) is 43.9 Å². The van der Waals surface area contributed by atoms with Crippen molar-refractivity contribution in [3.63, 3.8) is 0 Å². The molecule has 0 radical (unpaired) electrons. The van der Waals surface area contributed by atoms with Crippen molar-refractivity contribution in [1.29, 1.82) is 0 Å². The van der Waals surface area contributed by atoms with E-state index < -0.39 is 0 Å². The van der Waals surface area contributed by atoms with Gasteiger partial charge >= 0.3 is 0 Å². The molecule has 0 amide bonds. The summed E-state index contributed by atoms with van der Waals surface area (Å²) in [4.78, 5) is 7.25. The van der Waals surface area contributed by atoms with Crippen LogP contribution in [0.3, 0.4) is 0 Å². The highest BCUT2D eigenvalue weighted by atomic mass is 35.5. The van der Waals surface area contributed by atoms with Crippen molar-refractivity contribution in [2.24, 2.45) is 0 Å². The van der Waals surface area contributed by atoms with E-state index in [2.05, 4.69) is 15.1 Å². The molecule has 0 aliphatic carbocycles. The predicted octanol–water partition coefficient (Wildman–Crippen LogP) is 3.71. The standard InChI is InChI=1S/C20H27ClN4O3/c1-26-16-6-5-14(17(21)18(16)27-2)12-25-9-3-4-15(25)20-22-19(23-24-20)13-7-10-28-11-8-13/h5-6,13,15H,3-4,7-12H2,1-2H3,(H,22,23,24)/t15-/m0/s1. The molecule has 4 rings (SSSR count). The van der Waals surface area contributed by atoms with Gasteiger partial charge in [0, 0.05) is 25.7 Å². The minimum absolute atomic E-state index is 0.227. The smallest absolute Gasteiger partial charge is 0.179 e. The second-order valence-corrected chi connectivity index (χ2v) is 7.75. The minimum Gasteiger partial charge on any atom is -0.493 e. The topological polar surface area (TPSA) is 72.5 Å². The van der Waals surface area contributed by atoms with Gasteiger partial charge in [-0.1, -0.05) is 17.7 Å². The Bertz CT molecular complexity index is 807. The summed E-state index contributed by atoms with van der Waals surface area (Å²) in [5.74, 6) is 3.50. The molecular weight excluding hydrogens is 380 g/mol. The van der Waals surface area contributed by atoms with Crippen molar-refractivity contribution in [3.05, 3.63) is 34.4 Å². The summed E-state index contributed by atoms with van der Waals surface area (Å²) in [5.41, 5.74) is 1.02. The molecule has 3 heterocycles. The fourth-order valence-corrected chi connectivity index (χ4v) is 4.46. The van der Waals surface area contributed by atoms with Gasteiger partial charge in [0.2, 0.25) is 0 Å². The van der Waals surface area contributed by atoms with Crippen LogP contribution in [0, 0.1) is 0 Å². The van der Waals surface area contributed by atoms with Gasteiger partial charge in [0.15, 0.2) is 17.3 Å². The second-order valence-electron chi connectivity index (χ2n) is 7.37. The number of hydrogen-bond acceptors (Lipinski definition) is 6. The Hall–Kier alpha value is -1.83. The number of likely N-dealkylation sites (tertiary alicyclic amines) is 1. The van der Waals surface area contributed by atoms with Gasteiger partial charge in [-0.15, -0.1) is 0 Å². The molecular formula is C20H27ClN4O3. The SMILES string of the molecule is COc1ccc(CN2CCC[C@H]2c2nc(C3CCOCC3)n[nH]2)c(Cl)c1OC. The zero-order valence-corrected chi connectivity index (χ0v) is 17.2. The number of rotatable bonds is 6. The fraction of sp³-hybridized carbons (Fsp3) is 0.600. The molecule has 1 atom stereocenters. The maximum Gasteiger partial charge on any atom is 0.179 e. The maximum atomic E-state index is 6.59. The van der Waals surface area contributed by atoms with Crippen molar-refractivity contribution in [2.75, 3.05) is 34.0 Å². The third-order valence-electron chi connectivity index (χ3n) is 5.72. The lowest BCUT2D eigenvalue weighted by molar-refractivity contribution is 0.0836. The highest BCUT2D eigenvalue weighted by Crippen LogP contribution is 2.40. The van der Waals surface area contributed by atoms with Crippen LogP contribution < -0.4 is 9.47 Å². The molecule has 2 fully saturated rings. The normalized spacial score (nSPS) is 21.2. The van der Waals surface area contributed by atoms with E-state index in [0.717, 1.165) is 69.2 Å². The molecule has 1 aromatic heterocycles. The van der Waals surface area contributed by atoms with Crippen LogP contribution in [0.4, 0.5) is 0 Å². The molecule has 2 aromatic rings. The van der Waals surface area contributed by atoms with Gasteiger partial charge in [0.25, 0.3) is 0 Å². The van der Waals surface area contributed by atoms with Gasteiger partial charge in [-0.25, -0.2) is 4.98 Å². The minimum atomic E-state index is 0.227. The number of methoxy groups -OCH3 is 2. The number of nitrogens with one attached hydrogen (secondary N) is 1. The highest BCUT2D eigenvalue weighted by Gasteiger charge is 2.31.